The van der Waals surface area contributed by atoms with Crippen molar-refractivity contribution in [1.82, 2.24) is 0 Å². The van der Waals surface area contributed by atoms with E-state index < -0.39 is 5.97 Å². The van der Waals surface area contributed by atoms with Crippen molar-refractivity contribution in [3.05, 3.63) is 32.9 Å². The molecule has 1 aromatic carbocycles. The summed E-state index contributed by atoms with van der Waals surface area (Å²) in [6, 6.07) is 5.37. The van der Waals surface area contributed by atoms with Crippen LogP contribution in [0.3, 0.4) is 0 Å². The third-order valence-corrected chi connectivity index (χ3v) is 2.52. The van der Waals surface area contributed by atoms with Gasteiger partial charge in [-0.2, -0.15) is 0 Å². The quantitative estimate of drug-likeness (QED) is 0.838. The van der Waals surface area contributed by atoms with Crippen molar-refractivity contribution in [3.63, 3.8) is 0 Å². The third-order valence-electron chi connectivity index (χ3n) is 1.84. The summed E-state index contributed by atoms with van der Waals surface area (Å²) in [4.78, 5) is 10.9. The van der Waals surface area contributed by atoms with E-state index in [4.69, 9.17) is 10.8 Å². The highest BCUT2D eigenvalue weighted by atomic mass is 127. The van der Waals surface area contributed by atoms with Crippen LogP contribution in [-0.2, 0) is 6.42 Å². The van der Waals surface area contributed by atoms with E-state index in [1.807, 2.05) is 19.1 Å². The fourth-order valence-corrected chi connectivity index (χ4v) is 1.76. The molecule has 1 atom stereocenters. The first kappa shape index (κ1) is 11.5. The smallest absolute Gasteiger partial charge is 0.336 e. The Bertz CT molecular complexity index is 350. The number of hydrogen-bond donors (Lipinski definition) is 2. The minimum absolute atomic E-state index is 0.0202. The van der Waals surface area contributed by atoms with Crippen molar-refractivity contribution in [2.75, 3.05) is 0 Å². The number of aromatic carboxylic acids is 1. The van der Waals surface area contributed by atoms with Crippen molar-refractivity contribution in [2.24, 2.45) is 5.73 Å². The molecule has 0 bridgehead atoms. The Kier molecular flexibility index (Phi) is 3.88. The van der Waals surface area contributed by atoms with Crippen molar-refractivity contribution in [1.29, 1.82) is 0 Å². The highest BCUT2D eigenvalue weighted by Crippen LogP contribution is 2.15. The fraction of sp³-hybridized carbons (Fsp3) is 0.300. The van der Waals surface area contributed by atoms with E-state index >= 15 is 0 Å². The average Bonchev–Trinajstić information content (AvgIpc) is 2.07. The van der Waals surface area contributed by atoms with E-state index in [9.17, 15) is 4.79 Å². The number of carboxylic acids is 1. The molecule has 0 amide bonds. The molecule has 76 valence electrons. The van der Waals surface area contributed by atoms with E-state index in [0.717, 1.165) is 9.13 Å². The van der Waals surface area contributed by atoms with Crippen LogP contribution in [0.25, 0.3) is 0 Å². The Morgan fingerprint density at radius 2 is 2.29 bits per heavy atom. The van der Waals surface area contributed by atoms with Gasteiger partial charge in [-0.05, 0) is 53.6 Å². The van der Waals surface area contributed by atoms with Gasteiger partial charge in [0, 0.05) is 9.61 Å². The number of benzene rings is 1. The van der Waals surface area contributed by atoms with E-state index in [-0.39, 0.29) is 6.04 Å². The van der Waals surface area contributed by atoms with E-state index in [0.29, 0.717) is 12.0 Å². The molecule has 1 aromatic rings. The number of rotatable bonds is 3. The normalized spacial score (nSPS) is 12.5. The van der Waals surface area contributed by atoms with Gasteiger partial charge < -0.3 is 10.8 Å². The molecule has 0 saturated carbocycles. The molecule has 3 N–H and O–H groups in total. The van der Waals surface area contributed by atoms with Crippen LogP contribution < -0.4 is 5.73 Å². The molecule has 1 rings (SSSR count). The lowest BCUT2D eigenvalue weighted by Crippen LogP contribution is -2.19. The Balaban J connectivity index is 3.08. The Morgan fingerprint density at radius 1 is 1.64 bits per heavy atom. The number of hydrogen-bond acceptors (Lipinski definition) is 2. The SMILES string of the molecule is C[C@@H](N)Cc1ccc(I)cc1C(=O)O. The van der Waals surface area contributed by atoms with Crippen molar-refractivity contribution in [3.8, 4) is 0 Å². The summed E-state index contributed by atoms with van der Waals surface area (Å²) in [6.07, 6.45) is 0.596. The summed E-state index contributed by atoms with van der Waals surface area (Å²) in [5.41, 5.74) is 6.79. The van der Waals surface area contributed by atoms with Crippen molar-refractivity contribution >= 4 is 28.6 Å². The summed E-state index contributed by atoms with van der Waals surface area (Å²) in [6.45, 7) is 1.86. The molecule has 3 nitrogen and oxygen atoms in total. The van der Waals surface area contributed by atoms with Gasteiger partial charge in [-0.3, -0.25) is 0 Å². The van der Waals surface area contributed by atoms with Crippen LogP contribution in [0.2, 0.25) is 0 Å². The molecule has 0 fully saturated rings. The van der Waals surface area contributed by atoms with Crippen molar-refractivity contribution < 1.29 is 9.90 Å². The molecular weight excluding hydrogens is 293 g/mol. The first-order valence-corrected chi connectivity index (χ1v) is 5.36. The molecule has 0 saturated heterocycles. The van der Waals surface area contributed by atoms with Crippen LogP contribution in [0.15, 0.2) is 18.2 Å². The van der Waals surface area contributed by atoms with Gasteiger partial charge in [0.2, 0.25) is 0 Å². The number of carboxylic acid groups (broad SMARTS) is 1. The zero-order valence-electron chi connectivity index (χ0n) is 7.83. The summed E-state index contributed by atoms with van der Waals surface area (Å²) in [5, 5.41) is 8.96. The minimum Gasteiger partial charge on any atom is -0.478 e. The lowest BCUT2D eigenvalue weighted by Gasteiger charge is -2.08. The van der Waals surface area contributed by atoms with Crippen LogP contribution in [-0.4, -0.2) is 17.1 Å². The van der Waals surface area contributed by atoms with Gasteiger partial charge in [0.15, 0.2) is 0 Å². The largest absolute Gasteiger partial charge is 0.478 e. The second kappa shape index (κ2) is 4.75. The van der Waals surface area contributed by atoms with Gasteiger partial charge in [0.1, 0.15) is 0 Å². The maximum atomic E-state index is 10.9. The first-order chi connectivity index (χ1) is 6.50. The lowest BCUT2D eigenvalue weighted by atomic mass is 10.0. The number of halogens is 1. The Morgan fingerprint density at radius 3 is 2.79 bits per heavy atom. The summed E-state index contributed by atoms with van der Waals surface area (Å²) in [5.74, 6) is -0.890. The summed E-state index contributed by atoms with van der Waals surface area (Å²) < 4.78 is 0.924. The van der Waals surface area contributed by atoms with Crippen LogP contribution in [0.1, 0.15) is 22.8 Å². The molecule has 0 aliphatic heterocycles. The maximum absolute atomic E-state index is 10.9. The summed E-state index contributed by atoms with van der Waals surface area (Å²) >= 11 is 2.09. The fourth-order valence-electron chi connectivity index (χ4n) is 1.27. The second-order valence-electron chi connectivity index (χ2n) is 3.29. The highest BCUT2D eigenvalue weighted by molar-refractivity contribution is 14.1. The standard InChI is InChI=1S/C10H12INO2/c1-6(12)4-7-2-3-8(11)5-9(7)10(13)14/h2-3,5-6H,4,12H2,1H3,(H,13,14)/t6-/m1/s1. The van der Waals surface area contributed by atoms with Gasteiger partial charge in [-0.15, -0.1) is 0 Å². The van der Waals surface area contributed by atoms with Gasteiger partial charge >= 0.3 is 5.97 Å². The zero-order valence-corrected chi connectivity index (χ0v) is 9.98. The lowest BCUT2D eigenvalue weighted by molar-refractivity contribution is 0.0695. The molecule has 0 aliphatic rings. The maximum Gasteiger partial charge on any atom is 0.336 e. The average molecular weight is 305 g/mol. The summed E-state index contributed by atoms with van der Waals surface area (Å²) in [7, 11) is 0. The zero-order chi connectivity index (χ0) is 10.7. The second-order valence-corrected chi connectivity index (χ2v) is 4.53. The van der Waals surface area contributed by atoms with Gasteiger partial charge in [-0.1, -0.05) is 6.07 Å². The molecular formula is C10H12INO2. The predicted octanol–water partition coefficient (Wildman–Crippen LogP) is 1.88. The molecule has 0 aromatic heterocycles. The highest BCUT2D eigenvalue weighted by Gasteiger charge is 2.11. The number of carbonyl (C=O) groups is 1. The van der Waals surface area contributed by atoms with Gasteiger partial charge in [0.05, 0.1) is 5.56 Å². The molecule has 0 spiro atoms. The van der Waals surface area contributed by atoms with Crippen molar-refractivity contribution in [2.45, 2.75) is 19.4 Å². The van der Waals surface area contributed by atoms with Gasteiger partial charge in [-0.25, -0.2) is 4.79 Å². The van der Waals surface area contributed by atoms with E-state index in [1.165, 1.54) is 0 Å². The number of nitrogens with two attached hydrogens (primary N) is 1. The van der Waals surface area contributed by atoms with Gasteiger partial charge in [0.25, 0.3) is 0 Å². The Hall–Kier alpha value is -0.620. The molecule has 0 heterocycles. The molecule has 4 heteroatoms. The Labute approximate surface area is 96.4 Å². The van der Waals surface area contributed by atoms with Crippen LogP contribution in [0.4, 0.5) is 0 Å². The minimum atomic E-state index is -0.890. The molecule has 0 radical (unpaired) electrons. The van der Waals surface area contributed by atoms with E-state index in [2.05, 4.69) is 22.6 Å². The molecule has 0 unspecified atom stereocenters. The van der Waals surface area contributed by atoms with E-state index in [1.54, 1.807) is 6.07 Å². The predicted molar refractivity (Wildman–Crippen MR) is 63.5 cm³/mol. The molecule has 0 aliphatic carbocycles. The molecule has 14 heavy (non-hydrogen) atoms. The van der Waals surface area contributed by atoms with Crippen LogP contribution in [0.5, 0.6) is 0 Å². The topological polar surface area (TPSA) is 63.3 Å². The van der Waals surface area contributed by atoms with Crippen LogP contribution in [0, 0.1) is 3.57 Å². The van der Waals surface area contributed by atoms with Crippen LogP contribution >= 0.6 is 22.6 Å². The monoisotopic (exact) mass is 305 g/mol. The first-order valence-electron chi connectivity index (χ1n) is 4.28. The third kappa shape index (κ3) is 2.95.